The van der Waals surface area contributed by atoms with Crippen LogP contribution in [0.2, 0.25) is 0 Å². The summed E-state index contributed by atoms with van der Waals surface area (Å²) in [4.78, 5) is 11.9. The zero-order chi connectivity index (χ0) is 15.8. The lowest BCUT2D eigenvalue weighted by molar-refractivity contribution is -0.147. The van der Waals surface area contributed by atoms with Crippen molar-refractivity contribution in [3.05, 3.63) is 0 Å². The molecule has 0 N–H and O–H groups in total. The highest BCUT2D eigenvalue weighted by Crippen LogP contribution is 2.25. The van der Waals surface area contributed by atoms with Crippen molar-refractivity contribution in [1.29, 1.82) is 0 Å². The fraction of sp³-hybridized carbons (Fsp3) is 0.929. The molecular weight excluding hydrogens is 289 g/mol. The molecule has 0 heterocycles. The van der Waals surface area contributed by atoms with Gasteiger partial charge in [0.15, 0.2) is 0 Å². The smallest absolute Gasteiger partial charge is 0.389 e. The van der Waals surface area contributed by atoms with Crippen molar-refractivity contribution in [2.75, 3.05) is 5.75 Å². The number of ether oxygens (including phenoxy) is 1. The molecule has 120 valence electrons. The van der Waals surface area contributed by atoms with E-state index in [1.165, 1.54) is 11.8 Å². The Bertz CT molecular complexity index is 278. The van der Waals surface area contributed by atoms with Gasteiger partial charge in [0, 0.05) is 6.42 Å². The van der Waals surface area contributed by atoms with Gasteiger partial charge in [0.05, 0.1) is 6.10 Å². The van der Waals surface area contributed by atoms with Gasteiger partial charge in [0.25, 0.3) is 0 Å². The summed E-state index contributed by atoms with van der Waals surface area (Å²) in [7, 11) is 0. The molecule has 0 aromatic carbocycles. The highest BCUT2D eigenvalue weighted by atomic mass is 32.2. The summed E-state index contributed by atoms with van der Waals surface area (Å²) >= 11 is 1.41. The van der Waals surface area contributed by atoms with Crippen molar-refractivity contribution < 1.29 is 22.7 Å². The zero-order valence-electron chi connectivity index (χ0n) is 12.6. The minimum Gasteiger partial charge on any atom is -0.462 e. The van der Waals surface area contributed by atoms with Gasteiger partial charge in [-0.25, -0.2) is 0 Å². The molecule has 0 saturated carbocycles. The maximum atomic E-state index is 12.0. The number of hydrogen-bond donors (Lipinski definition) is 0. The van der Waals surface area contributed by atoms with Gasteiger partial charge in [-0.3, -0.25) is 4.79 Å². The Kier molecular flexibility index (Phi) is 9.34. The molecule has 0 rings (SSSR count). The first-order chi connectivity index (χ1) is 9.11. The maximum Gasteiger partial charge on any atom is 0.389 e. The number of alkyl halides is 3. The summed E-state index contributed by atoms with van der Waals surface area (Å²) in [5.74, 6) is 0.651. The summed E-state index contributed by atoms with van der Waals surface area (Å²) in [6.45, 7) is 7.61. The van der Waals surface area contributed by atoms with Crippen molar-refractivity contribution in [3.63, 3.8) is 0 Å². The number of esters is 1. The molecule has 0 aliphatic heterocycles. The van der Waals surface area contributed by atoms with Crippen LogP contribution < -0.4 is 0 Å². The molecule has 0 aliphatic rings. The molecule has 0 aromatic heterocycles. The molecule has 0 bridgehead atoms. The highest BCUT2D eigenvalue weighted by molar-refractivity contribution is 8.00. The van der Waals surface area contributed by atoms with Gasteiger partial charge in [0.2, 0.25) is 0 Å². The molecule has 1 atom stereocenters. The fourth-order valence-corrected chi connectivity index (χ4v) is 2.99. The van der Waals surface area contributed by atoms with Crippen molar-refractivity contribution >= 4 is 17.7 Å². The van der Waals surface area contributed by atoms with Gasteiger partial charge in [-0.2, -0.15) is 13.2 Å². The van der Waals surface area contributed by atoms with Gasteiger partial charge in [-0.05, 0) is 44.8 Å². The number of rotatable bonds is 9. The molecule has 0 fully saturated rings. The van der Waals surface area contributed by atoms with E-state index in [0.29, 0.717) is 24.5 Å². The Balaban J connectivity index is 4.08. The van der Waals surface area contributed by atoms with E-state index in [1.54, 1.807) is 13.8 Å². The van der Waals surface area contributed by atoms with E-state index in [4.69, 9.17) is 4.74 Å². The molecule has 20 heavy (non-hydrogen) atoms. The van der Waals surface area contributed by atoms with Crippen LogP contribution in [0.4, 0.5) is 13.2 Å². The number of thioether (sulfide) groups is 1. The van der Waals surface area contributed by atoms with Crippen LogP contribution in [-0.4, -0.2) is 29.3 Å². The second kappa shape index (κ2) is 9.53. The SMILES string of the molecule is CC(C)CC(SCCCCC(F)(F)F)C(=O)OC(C)C. The first kappa shape index (κ1) is 19.6. The van der Waals surface area contributed by atoms with E-state index in [1.807, 2.05) is 13.8 Å². The first-order valence-electron chi connectivity index (χ1n) is 7.00. The molecule has 0 aromatic rings. The Morgan fingerprint density at radius 3 is 2.20 bits per heavy atom. The number of carbonyl (C=O) groups excluding carboxylic acids is 1. The van der Waals surface area contributed by atoms with E-state index in [2.05, 4.69) is 0 Å². The predicted octanol–water partition coefficient (Wildman–Crippen LogP) is 4.82. The third-order valence-corrected chi connectivity index (χ3v) is 3.79. The number of hydrogen-bond acceptors (Lipinski definition) is 3. The van der Waals surface area contributed by atoms with Crippen LogP contribution in [-0.2, 0) is 9.53 Å². The zero-order valence-corrected chi connectivity index (χ0v) is 13.4. The first-order valence-corrected chi connectivity index (χ1v) is 8.05. The Hall–Kier alpha value is -0.390. The lowest BCUT2D eigenvalue weighted by atomic mass is 10.1. The van der Waals surface area contributed by atoms with Crippen LogP contribution >= 0.6 is 11.8 Å². The van der Waals surface area contributed by atoms with Crippen LogP contribution in [0, 0.1) is 5.92 Å². The largest absolute Gasteiger partial charge is 0.462 e. The molecule has 6 heteroatoms. The third kappa shape index (κ3) is 11.4. The average Bonchev–Trinajstić information content (AvgIpc) is 2.23. The van der Waals surface area contributed by atoms with Gasteiger partial charge in [-0.1, -0.05) is 13.8 Å². The Morgan fingerprint density at radius 2 is 1.75 bits per heavy atom. The van der Waals surface area contributed by atoms with E-state index >= 15 is 0 Å². The molecule has 1 unspecified atom stereocenters. The molecule has 0 spiro atoms. The van der Waals surface area contributed by atoms with Gasteiger partial charge in [-0.15, -0.1) is 11.8 Å². The standard InChI is InChI=1S/C14H25F3O2S/c1-10(2)9-12(13(18)19-11(3)4)20-8-6-5-7-14(15,16)17/h10-12H,5-9H2,1-4H3. The molecule has 2 nitrogen and oxygen atoms in total. The van der Waals surface area contributed by atoms with Crippen molar-refractivity contribution in [3.8, 4) is 0 Å². The van der Waals surface area contributed by atoms with Gasteiger partial charge in [0.1, 0.15) is 5.25 Å². The lowest BCUT2D eigenvalue weighted by Gasteiger charge is -2.19. The molecule has 0 saturated heterocycles. The second-order valence-corrected chi connectivity index (χ2v) is 6.86. The molecule has 0 aliphatic carbocycles. The monoisotopic (exact) mass is 314 g/mol. The van der Waals surface area contributed by atoms with E-state index in [-0.39, 0.29) is 23.7 Å². The minimum atomic E-state index is -4.08. The molecule has 0 radical (unpaired) electrons. The number of unbranched alkanes of at least 4 members (excludes halogenated alkanes) is 1. The quantitative estimate of drug-likeness (QED) is 0.451. The van der Waals surface area contributed by atoms with Crippen molar-refractivity contribution in [2.45, 2.75) is 70.9 Å². The topological polar surface area (TPSA) is 26.3 Å². The molecular formula is C14H25F3O2S. The summed E-state index contributed by atoms with van der Waals surface area (Å²) < 4.78 is 41.2. The minimum absolute atomic E-state index is 0.115. The Labute approximate surface area is 123 Å². The summed E-state index contributed by atoms with van der Waals surface area (Å²) in [6, 6.07) is 0. The van der Waals surface area contributed by atoms with E-state index < -0.39 is 12.6 Å². The average molecular weight is 314 g/mol. The van der Waals surface area contributed by atoms with Crippen LogP contribution in [0.25, 0.3) is 0 Å². The highest BCUT2D eigenvalue weighted by Gasteiger charge is 2.26. The summed E-state index contributed by atoms with van der Waals surface area (Å²) in [6.07, 6.45) is -3.73. The van der Waals surface area contributed by atoms with Gasteiger partial charge >= 0.3 is 12.1 Å². The molecule has 0 amide bonds. The van der Waals surface area contributed by atoms with Crippen LogP contribution in [0.15, 0.2) is 0 Å². The van der Waals surface area contributed by atoms with Crippen LogP contribution in [0.5, 0.6) is 0 Å². The fourth-order valence-electron chi connectivity index (χ4n) is 1.62. The van der Waals surface area contributed by atoms with E-state index in [0.717, 1.165) is 0 Å². The van der Waals surface area contributed by atoms with Gasteiger partial charge < -0.3 is 4.74 Å². The van der Waals surface area contributed by atoms with Crippen molar-refractivity contribution in [1.82, 2.24) is 0 Å². The lowest BCUT2D eigenvalue weighted by Crippen LogP contribution is -2.25. The summed E-state index contributed by atoms with van der Waals surface area (Å²) in [5.41, 5.74) is 0. The van der Waals surface area contributed by atoms with Crippen LogP contribution in [0.3, 0.4) is 0 Å². The second-order valence-electron chi connectivity index (χ2n) is 5.55. The third-order valence-electron chi connectivity index (χ3n) is 2.47. The maximum absolute atomic E-state index is 12.0. The normalized spacial score (nSPS) is 13.8. The van der Waals surface area contributed by atoms with E-state index in [9.17, 15) is 18.0 Å². The number of halogens is 3. The van der Waals surface area contributed by atoms with Crippen molar-refractivity contribution in [2.24, 2.45) is 5.92 Å². The predicted molar refractivity (Wildman–Crippen MR) is 76.8 cm³/mol. The van der Waals surface area contributed by atoms with Crippen LogP contribution in [0.1, 0.15) is 53.4 Å². The Morgan fingerprint density at radius 1 is 1.15 bits per heavy atom. The summed E-state index contributed by atoms with van der Waals surface area (Å²) in [5, 5.41) is -0.275. The number of carbonyl (C=O) groups is 1.